The maximum absolute atomic E-state index is 12.4. The van der Waals surface area contributed by atoms with E-state index in [0.29, 0.717) is 11.5 Å². The smallest absolute Gasteiger partial charge is 0.373 e. The lowest BCUT2D eigenvalue weighted by atomic mass is 10.3. The monoisotopic (exact) mass is 256 g/mol. The number of anilines is 1. The van der Waals surface area contributed by atoms with E-state index in [2.05, 4.69) is 15.4 Å². The van der Waals surface area contributed by atoms with Crippen molar-refractivity contribution in [3.05, 3.63) is 41.9 Å². The fourth-order valence-corrected chi connectivity index (χ4v) is 1.47. The predicted octanol–water partition coefficient (Wildman–Crippen LogP) is 2.39. The van der Waals surface area contributed by atoms with Crippen LogP contribution in [0.1, 0.15) is 11.4 Å². The summed E-state index contributed by atoms with van der Waals surface area (Å²) in [4.78, 5) is 4.20. The van der Waals surface area contributed by atoms with Crippen molar-refractivity contribution in [2.45, 2.75) is 12.7 Å². The van der Waals surface area contributed by atoms with E-state index in [9.17, 15) is 13.2 Å². The standard InChI is InChI=1S/C11H11F3N4/c1-15-10-4-2-3-8(16-10)7-18-6-5-9(17-18)11(12,13)14/h2-6H,7H2,1H3,(H,15,16). The van der Waals surface area contributed by atoms with Gasteiger partial charge in [0.2, 0.25) is 0 Å². The van der Waals surface area contributed by atoms with Crippen LogP contribution in [0.5, 0.6) is 0 Å². The van der Waals surface area contributed by atoms with Crippen LogP contribution in [0.3, 0.4) is 0 Å². The molecule has 96 valence electrons. The van der Waals surface area contributed by atoms with Crippen molar-refractivity contribution in [3.8, 4) is 0 Å². The highest BCUT2D eigenvalue weighted by Gasteiger charge is 2.33. The number of hydrogen-bond acceptors (Lipinski definition) is 3. The molecule has 0 bridgehead atoms. The molecular formula is C11H11F3N4. The molecule has 0 spiro atoms. The number of aromatic nitrogens is 3. The molecule has 7 heteroatoms. The molecule has 2 heterocycles. The molecule has 0 fully saturated rings. The van der Waals surface area contributed by atoms with Gasteiger partial charge in [-0.25, -0.2) is 4.98 Å². The van der Waals surface area contributed by atoms with E-state index in [0.717, 1.165) is 6.07 Å². The highest BCUT2D eigenvalue weighted by Crippen LogP contribution is 2.27. The van der Waals surface area contributed by atoms with Crippen LogP contribution in [0.15, 0.2) is 30.5 Å². The Morgan fingerprint density at radius 1 is 1.28 bits per heavy atom. The van der Waals surface area contributed by atoms with Gasteiger partial charge in [0.25, 0.3) is 0 Å². The van der Waals surface area contributed by atoms with Gasteiger partial charge in [-0.15, -0.1) is 0 Å². The van der Waals surface area contributed by atoms with Gasteiger partial charge in [-0.1, -0.05) is 6.07 Å². The summed E-state index contributed by atoms with van der Waals surface area (Å²) in [6, 6.07) is 6.23. The number of nitrogens with one attached hydrogen (secondary N) is 1. The third kappa shape index (κ3) is 2.79. The van der Waals surface area contributed by atoms with E-state index in [1.54, 1.807) is 25.2 Å². The molecule has 0 amide bonds. The van der Waals surface area contributed by atoms with Crippen molar-refractivity contribution in [3.63, 3.8) is 0 Å². The summed E-state index contributed by atoms with van der Waals surface area (Å²) in [5, 5.41) is 6.33. The number of halogens is 3. The average molecular weight is 256 g/mol. The summed E-state index contributed by atoms with van der Waals surface area (Å²) in [5.41, 5.74) is -0.258. The molecule has 18 heavy (non-hydrogen) atoms. The van der Waals surface area contributed by atoms with Gasteiger partial charge in [0.15, 0.2) is 5.69 Å². The van der Waals surface area contributed by atoms with Crippen molar-refractivity contribution in [2.24, 2.45) is 0 Å². The summed E-state index contributed by atoms with van der Waals surface area (Å²) < 4.78 is 38.3. The lowest BCUT2D eigenvalue weighted by molar-refractivity contribution is -0.141. The van der Waals surface area contributed by atoms with Gasteiger partial charge in [-0.3, -0.25) is 4.68 Å². The molecule has 2 rings (SSSR count). The Balaban J connectivity index is 2.16. The summed E-state index contributed by atoms with van der Waals surface area (Å²) in [6.07, 6.45) is -3.12. The first-order valence-electron chi connectivity index (χ1n) is 5.23. The van der Waals surface area contributed by atoms with E-state index in [1.165, 1.54) is 10.9 Å². The van der Waals surface area contributed by atoms with Gasteiger partial charge >= 0.3 is 6.18 Å². The maximum atomic E-state index is 12.4. The van der Waals surface area contributed by atoms with Crippen molar-refractivity contribution < 1.29 is 13.2 Å². The summed E-state index contributed by atoms with van der Waals surface area (Å²) >= 11 is 0. The molecule has 0 aliphatic rings. The van der Waals surface area contributed by atoms with Gasteiger partial charge in [-0.2, -0.15) is 18.3 Å². The first kappa shape index (κ1) is 12.4. The Labute approximate surface area is 101 Å². The molecule has 1 N–H and O–H groups in total. The third-order valence-electron chi connectivity index (χ3n) is 2.32. The second-order valence-electron chi connectivity index (χ2n) is 3.66. The summed E-state index contributed by atoms with van der Waals surface area (Å²) in [5.74, 6) is 0.663. The van der Waals surface area contributed by atoms with Crippen molar-refractivity contribution in [1.82, 2.24) is 14.8 Å². The molecule has 0 saturated heterocycles. The van der Waals surface area contributed by atoms with E-state index >= 15 is 0 Å². The number of nitrogens with zero attached hydrogens (tertiary/aromatic N) is 3. The van der Waals surface area contributed by atoms with Gasteiger partial charge in [0.05, 0.1) is 12.2 Å². The van der Waals surface area contributed by atoms with Crippen LogP contribution in [0.2, 0.25) is 0 Å². The number of rotatable bonds is 3. The van der Waals surface area contributed by atoms with Crippen LogP contribution in [0, 0.1) is 0 Å². The van der Waals surface area contributed by atoms with E-state index in [-0.39, 0.29) is 6.54 Å². The topological polar surface area (TPSA) is 42.7 Å². The molecule has 0 saturated carbocycles. The lowest BCUT2D eigenvalue weighted by Crippen LogP contribution is -2.09. The minimum absolute atomic E-state index is 0.200. The van der Waals surface area contributed by atoms with Gasteiger partial charge in [-0.05, 0) is 18.2 Å². The molecular weight excluding hydrogens is 245 g/mol. The zero-order valence-corrected chi connectivity index (χ0v) is 9.57. The van der Waals surface area contributed by atoms with Crippen LogP contribution < -0.4 is 5.32 Å². The molecule has 2 aromatic rings. The summed E-state index contributed by atoms with van der Waals surface area (Å²) in [7, 11) is 1.72. The SMILES string of the molecule is CNc1cccc(Cn2ccc(C(F)(F)F)n2)n1. The highest BCUT2D eigenvalue weighted by molar-refractivity contribution is 5.34. The van der Waals surface area contributed by atoms with E-state index in [1.807, 2.05) is 0 Å². The molecule has 0 unspecified atom stereocenters. The Morgan fingerprint density at radius 3 is 2.67 bits per heavy atom. The van der Waals surface area contributed by atoms with Gasteiger partial charge in [0.1, 0.15) is 5.82 Å². The van der Waals surface area contributed by atoms with Crippen LogP contribution in [0.4, 0.5) is 19.0 Å². The minimum Gasteiger partial charge on any atom is -0.373 e. The molecule has 2 aromatic heterocycles. The number of alkyl halides is 3. The van der Waals surface area contributed by atoms with Crippen molar-refractivity contribution in [1.29, 1.82) is 0 Å². The Hall–Kier alpha value is -2.05. The van der Waals surface area contributed by atoms with Crippen molar-refractivity contribution >= 4 is 5.82 Å². The quantitative estimate of drug-likeness (QED) is 0.916. The maximum Gasteiger partial charge on any atom is 0.435 e. The predicted molar refractivity (Wildman–Crippen MR) is 60.1 cm³/mol. The van der Waals surface area contributed by atoms with E-state index < -0.39 is 11.9 Å². The average Bonchev–Trinajstić information content (AvgIpc) is 2.77. The molecule has 0 aliphatic carbocycles. The normalized spacial score (nSPS) is 11.6. The number of hydrogen-bond donors (Lipinski definition) is 1. The largest absolute Gasteiger partial charge is 0.435 e. The van der Waals surface area contributed by atoms with Crippen molar-refractivity contribution in [2.75, 3.05) is 12.4 Å². The molecule has 0 atom stereocenters. The fourth-order valence-electron chi connectivity index (χ4n) is 1.47. The highest BCUT2D eigenvalue weighted by atomic mass is 19.4. The second kappa shape index (κ2) is 4.67. The Morgan fingerprint density at radius 2 is 2.06 bits per heavy atom. The van der Waals surface area contributed by atoms with Crippen LogP contribution in [-0.2, 0) is 12.7 Å². The molecule has 0 aliphatic heterocycles. The lowest BCUT2D eigenvalue weighted by Gasteiger charge is -2.04. The van der Waals surface area contributed by atoms with Crippen LogP contribution >= 0.6 is 0 Å². The van der Waals surface area contributed by atoms with Gasteiger partial charge < -0.3 is 5.32 Å². The third-order valence-corrected chi connectivity index (χ3v) is 2.32. The van der Waals surface area contributed by atoms with Gasteiger partial charge in [0, 0.05) is 13.2 Å². The molecule has 0 aromatic carbocycles. The molecule has 4 nitrogen and oxygen atoms in total. The van der Waals surface area contributed by atoms with E-state index in [4.69, 9.17) is 0 Å². The molecule has 0 radical (unpaired) electrons. The Bertz CT molecular complexity index is 533. The fraction of sp³-hybridized carbons (Fsp3) is 0.273. The summed E-state index contributed by atoms with van der Waals surface area (Å²) in [6.45, 7) is 0.200. The van der Waals surface area contributed by atoms with Crippen LogP contribution in [-0.4, -0.2) is 21.8 Å². The second-order valence-corrected chi connectivity index (χ2v) is 3.66. The van der Waals surface area contributed by atoms with Crippen LogP contribution in [0.25, 0.3) is 0 Å². The zero-order valence-electron chi connectivity index (χ0n) is 9.57. The number of pyridine rings is 1. The Kier molecular flexibility index (Phi) is 3.22. The first-order valence-corrected chi connectivity index (χ1v) is 5.23. The minimum atomic E-state index is -4.41. The zero-order chi connectivity index (χ0) is 13.2. The first-order chi connectivity index (χ1) is 8.49.